The van der Waals surface area contributed by atoms with Crippen molar-refractivity contribution in [2.24, 2.45) is 0 Å². The van der Waals surface area contributed by atoms with Gasteiger partial charge in [-0.2, -0.15) is 0 Å². The molecular weight excluding hydrogens is 404 g/mol. The van der Waals surface area contributed by atoms with Crippen LogP contribution in [0.2, 0.25) is 0 Å². The molecule has 0 saturated carbocycles. The fourth-order valence-corrected chi connectivity index (χ4v) is 5.49. The quantitative estimate of drug-likeness (QED) is 0.667. The third-order valence-electron chi connectivity index (χ3n) is 7.23. The number of fused-ring (bicyclic) bond motifs is 1. The fourth-order valence-electron chi connectivity index (χ4n) is 5.49. The number of ether oxygens (including phenoxy) is 1. The zero-order chi connectivity index (χ0) is 21.7. The molecule has 0 unspecified atom stereocenters. The molecule has 7 heteroatoms. The molecule has 1 N–H and O–H groups in total. The lowest BCUT2D eigenvalue weighted by Crippen LogP contribution is -2.44. The second kappa shape index (κ2) is 7.90. The van der Waals surface area contributed by atoms with E-state index >= 15 is 0 Å². The van der Waals surface area contributed by atoms with Crippen LogP contribution in [0.25, 0.3) is 11.0 Å². The minimum Gasteiger partial charge on any atom is -0.493 e. The smallest absolute Gasteiger partial charge is 0.252 e. The molecule has 168 valence electrons. The maximum Gasteiger partial charge on any atom is 0.252 e. The molecule has 2 aromatic heterocycles. The van der Waals surface area contributed by atoms with Crippen LogP contribution in [-0.2, 0) is 19.5 Å². The lowest BCUT2D eigenvalue weighted by Gasteiger charge is -2.34. The predicted octanol–water partition coefficient (Wildman–Crippen LogP) is 2.15. The van der Waals surface area contributed by atoms with E-state index in [9.17, 15) is 9.59 Å². The molecule has 6 rings (SSSR count). The number of aromatic nitrogens is 2. The van der Waals surface area contributed by atoms with E-state index in [0.29, 0.717) is 12.6 Å². The molecule has 3 aromatic rings. The predicted molar refractivity (Wildman–Crippen MR) is 126 cm³/mol. The van der Waals surface area contributed by atoms with Gasteiger partial charge in [-0.3, -0.25) is 18.7 Å². The monoisotopic (exact) mass is 434 g/mol. The van der Waals surface area contributed by atoms with E-state index < -0.39 is 0 Å². The number of hydrogen-bond donors (Lipinski definition) is 1. The minimum absolute atomic E-state index is 0. The first kappa shape index (κ1) is 19.8. The standard InChI is InChI=1S/C25H28N4O3.H2/c30-23-5-3-19-4-6-24(31)29-21(16-28(23)25(19)29)15-27-10-7-20(8-11-27)26-14-17-1-2-18-9-12-32-22(18)13-17;/h1-6,13,20-21,26H,7-12,14-16H2;1H/t21-;/m1./s1. The Bertz CT molecular complexity index is 1290. The van der Waals surface area contributed by atoms with E-state index in [2.05, 4.69) is 28.4 Å². The number of piperidine rings is 1. The topological polar surface area (TPSA) is 68.5 Å². The van der Waals surface area contributed by atoms with Gasteiger partial charge in [0.1, 0.15) is 11.4 Å². The first-order chi connectivity index (χ1) is 15.7. The first-order valence-electron chi connectivity index (χ1n) is 11.6. The molecular formula is C25H30N4O3. The molecule has 3 aliphatic rings. The SMILES string of the molecule is O=c1ccc2ccc(=O)n3c2n1C[C@H]3CN1CCC(NCc2ccc3c(c2)OCC3)CC1.[HH]. The molecule has 32 heavy (non-hydrogen) atoms. The van der Waals surface area contributed by atoms with Gasteiger partial charge in [-0.05, 0) is 55.3 Å². The van der Waals surface area contributed by atoms with Gasteiger partial charge in [0.25, 0.3) is 11.1 Å². The summed E-state index contributed by atoms with van der Waals surface area (Å²) in [6.07, 6.45) is 3.18. The number of nitrogens with zero attached hydrogens (tertiary/aromatic N) is 3. The average molecular weight is 435 g/mol. The summed E-state index contributed by atoms with van der Waals surface area (Å²) in [5.41, 5.74) is 3.31. The van der Waals surface area contributed by atoms with Crippen molar-refractivity contribution in [3.8, 4) is 5.75 Å². The molecule has 1 aromatic carbocycles. The van der Waals surface area contributed by atoms with Gasteiger partial charge in [-0.15, -0.1) is 0 Å². The summed E-state index contributed by atoms with van der Waals surface area (Å²) in [5.74, 6) is 1.04. The van der Waals surface area contributed by atoms with E-state index in [0.717, 1.165) is 68.8 Å². The lowest BCUT2D eigenvalue weighted by atomic mass is 10.0. The van der Waals surface area contributed by atoms with Crippen LogP contribution in [0.1, 0.15) is 31.4 Å². The Hall–Kier alpha value is -2.90. The summed E-state index contributed by atoms with van der Waals surface area (Å²) in [6, 6.07) is 13.9. The summed E-state index contributed by atoms with van der Waals surface area (Å²) in [5, 5.41) is 4.66. The number of pyridine rings is 2. The number of hydrogen-bond acceptors (Lipinski definition) is 5. The van der Waals surface area contributed by atoms with Gasteiger partial charge in [0.2, 0.25) is 0 Å². The van der Waals surface area contributed by atoms with Crippen molar-refractivity contribution in [1.82, 2.24) is 19.4 Å². The third kappa shape index (κ3) is 3.45. The van der Waals surface area contributed by atoms with E-state index in [1.54, 1.807) is 16.7 Å². The van der Waals surface area contributed by atoms with Gasteiger partial charge in [-0.25, -0.2) is 0 Å². The molecule has 1 saturated heterocycles. The van der Waals surface area contributed by atoms with Crippen molar-refractivity contribution in [1.29, 1.82) is 0 Å². The van der Waals surface area contributed by atoms with Gasteiger partial charge >= 0.3 is 0 Å². The van der Waals surface area contributed by atoms with E-state index in [4.69, 9.17) is 4.74 Å². The van der Waals surface area contributed by atoms with E-state index in [1.807, 2.05) is 16.7 Å². The van der Waals surface area contributed by atoms with E-state index in [-0.39, 0.29) is 18.6 Å². The summed E-state index contributed by atoms with van der Waals surface area (Å²) in [4.78, 5) is 27.4. The van der Waals surface area contributed by atoms with Crippen LogP contribution >= 0.6 is 0 Å². The average Bonchev–Trinajstić information content (AvgIpc) is 3.43. The fraction of sp³-hybridized carbons (Fsp3) is 0.440. The molecule has 5 heterocycles. The van der Waals surface area contributed by atoms with Crippen LogP contribution in [-0.4, -0.2) is 46.3 Å². The number of rotatable bonds is 5. The van der Waals surface area contributed by atoms with Crippen LogP contribution in [0.15, 0.2) is 52.1 Å². The summed E-state index contributed by atoms with van der Waals surface area (Å²) in [6.45, 7) is 5.03. The molecule has 3 aliphatic heterocycles. The normalized spacial score (nSPS) is 20.6. The van der Waals surface area contributed by atoms with Crippen LogP contribution in [0.4, 0.5) is 0 Å². The molecule has 0 radical (unpaired) electrons. The Balaban J connectivity index is 0.00000228. The molecule has 7 nitrogen and oxygen atoms in total. The maximum atomic E-state index is 12.6. The molecule has 1 atom stereocenters. The number of likely N-dealkylation sites (tertiary alicyclic amines) is 1. The van der Waals surface area contributed by atoms with Crippen LogP contribution in [0.5, 0.6) is 5.75 Å². The van der Waals surface area contributed by atoms with Gasteiger partial charge in [0.15, 0.2) is 0 Å². The Kier molecular flexibility index (Phi) is 4.88. The Morgan fingerprint density at radius 2 is 1.84 bits per heavy atom. The van der Waals surface area contributed by atoms with Crippen molar-refractivity contribution in [3.63, 3.8) is 0 Å². The first-order valence-corrected chi connectivity index (χ1v) is 11.6. The highest BCUT2D eigenvalue weighted by molar-refractivity contribution is 5.76. The largest absolute Gasteiger partial charge is 0.493 e. The Labute approximate surface area is 187 Å². The molecule has 1 fully saturated rings. The number of nitrogens with one attached hydrogen (secondary N) is 1. The zero-order valence-corrected chi connectivity index (χ0v) is 18.1. The molecule has 0 amide bonds. The van der Waals surface area contributed by atoms with Gasteiger partial charge in [0, 0.05) is 51.0 Å². The summed E-state index contributed by atoms with van der Waals surface area (Å²) < 4.78 is 9.28. The van der Waals surface area contributed by atoms with Crippen molar-refractivity contribution >= 4 is 11.0 Å². The highest BCUT2D eigenvalue weighted by Crippen LogP contribution is 2.27. The zero-order valence-electron chi connectivity index (χ0n) is 18.1. The highest BCUT2D eigenvalue weighted by atomic mass is 16.5. The van der Waals surface area contributed by atoms with Gasteiger partial charge in [0.05, 0.1) is 12.6 Å². The van der Waals surface area contributed by atoms with Gasteiger partial charge in [-0.1, -0.05) is 12.1 Å². The highest BCUT2D eigenvalue weighted by Gasteiger charge is 2.29. The minimum atomic E-state index is -0.0285. The van der Waals surface area contributed by atoms with Gasteiger partial charge < -0.3 is 15.0 Å². The van der Waals surface area contributed by atoms with Crippen LogP contribution < -0.4 is 21.2 Å². The van der Waals surface area contributed by atoms with E-state index in [1.165, 1.54) is 11.1 Å². The lowest BCUT2D eigenvalue weighted by molar-refractivity contribution is 0.171. The second-order valence-electron chi connectivity index (χ2n) is 9.25. The summed E-state index contributed by atoms with van der Waals surface area (Å²) >= 11 is 0. The van der Waals surface area contributed by atoms with Crippen LogP contribution in [0, 0.1) is 0 Å². The van der Waals surface area contributed by atoms with Crippen molar-refractivity contribution in [3.05, 3.63) is 74.3 Å². The number of benzene rings is 1. The Morgan fingerprint density at radius 3 is 2.69 bits per heavy atom. The maximum absolute atomic E-state index is 12.6. The second-order valence-corrected chi connectivity index (χ2v) is 9.25. The van der Waals surface area contributed by atoms with Crippen molar-refractivity contribution in [2.45, 2.75) is 44.4 Å². The third-order valence-corrected chi connectivity index (χ3v) is 7.23. The summed E-state index contributed by atoms with van der Waals surface area (Å²) in [7, 11) is 0. The van der Waals surface area contributed by atoms with Crippen molar-refractivity contribution < 1.29 is 6.16 Å². The molecule has 0 aliphatic carbocycles. The Morgan fingerprint density at radius 1 is 1.03 bits per heavy atom. The van der Waals surface area contributed by atoms with Crippen LogP contribution in [0.3, 0.4) is 0 Å². The van der Waals surface area contributed by atoms with Crippen molar-refractivity contribution in [2.75, 3.05) is 26.2 Å². The molecule has 0 spiro atoms. The molecule has 0 bridgehead atoms.